The first kappa shape index (κ1) is 25.2. The van der Waals surface area contributed by atoms with Crippen LogP contribution >= 0.6 is 0 Å². The molecule has 1 N–H and O–H groups in total. The monoisotopic (exact) mass is 484 g/mol. The fraction of sp³-hybridized carbons (Fsp3) is 0.417. The van der Waals surface area contributed by atoms with E-state index in [1.165, 1.54) is 13.2 Å². The van der Waals surface area contributed by atoms with Crippen molar-refractivity contribution in [1.82, 2.24) is 9.71 Å². The average Bonchev–Trinajstić information content (AvgIpc) is 2.83. The van der Waals surface area contributed by atoms with E-state index in [-0.39, 0.29) is 28.5 Å². The van der Waals surface area contributed by atoms with Gasteiger partial charge in [0.15, 0.2) is 11.6 Å². The van der Waals surface area contributed by atoms with E-state index < -0.39 is 21.8 Å². The van der Waals surface area contributed by atoms with Crippen LogP contribution in [-0.2, 0) is 20.6 Å². The summed E-state index contributed by atoms with van der Waals surface area (Å²) in [5, 5.41) is 9.64. The van der Waals surface area contributed by atoms with E-state index >= 15 is 0 Å². The van der Waals surface area contributed by atoms with E-state index in [4.69, 9.17) is 4.74 Å². The summed E-state index contributed by atoms with van der Waals surface area (Å²) in [5.41, 5.74) is 1.14. The van der Waals surface area contributed by atoms with Crippen molar-refractivity contribution in [3.8, 4) is 11.9 Å². The standard InChI is InChI=1S/C24H28N4O5S/c1-3-7-21(29)20-14-19(15-25)22(26-24(20)33-2)28-12-10-18(11-13-28)23(30)27-34(31,32)16-17-8-5-4-6-9-17/h4-6,8-9,14,18H,3,7,10-13,16H2,1-2H3,(H,27,30). The van der Waals surface area contributed by atoms with Crippen molar-refractivity contribution in [2.45, 2.75) is 38.4 Å². The molecule has 1 saturated heterocycles. The van der Waals surface area contributed by atoms with Gasteiger partial charge in [-0.25, -0.2) is 8.42 Å². The van der Waals surface area contributed by atoms with Gasteiger partial charge in [-0.3, -0.25) is 14.3 Å². The number of carbonyl (C=O) groups is 2. The number of ether oxygens (including phenoxy) is 1. The number of hydrogen-bond acceptors (Lipinski definition) is 8. The van der Waals surface area contributed by atoms with Gasteiger partial charge in [0.05, 0.1) is 24.0 Å². The van der Waals surface area contributed by atoms with Gasteiger partial charge in [-0.15, -0.1) is 0 Å². The molecule has 10 heteroatoms. The normalized spacial score (nSPS) is 14.3. The molecular formula is C24H28N4O5S. The fourth-order valence-corrected chi connectivity index (χ4v) is 5.12. The number of pyridine rings is 1. The number of aromatic nitrogens is 1. The first-order valence-corrected chi connectivity index (χ1v) is 12.8. The first-order valence-electron chi connectivity index (χ1n) is 11.1. The third-order valence-corrected chi connectivity index (χ3v) is 6.91. The zero-order valence-electron chi connectivity index (χ0n) is 19.3. The number of ketones is 1. The predicted octanol–water partition coefficient (Wildman–Crippen LogP) is 2.81. The van der Waals surface area contributed by atoms with Crippen molar-refractivity contribution in [3.63, 3.8) is 0 Å². The molecule has 3 rings (SSSR count). The molecule has 0 saturated carbocycles. The highest BCUT2D eigenvalue weighted by Crippen LogP contribution is 2.30. The summed E-state index contributed by atoms with van der Waals surface area (Å²) in [7, 11) is -2.38. The van der Waals surface area contributed by atoms with Gasteiger partial charge in [0.2, 0.25) is 21.8 Å². The third kappa shape index (κ3) is 6.11. The number of carbonyl (C=O) groups excluding carboxylic acids is 2. The largest absolute Gasteiger partial charge is 0.480 e. The Labute approximate surface area is 199 Å². The van der Waals surface area contributed by atoms with Gasteiger partial charge in [0.1, 0.15) is 6.07 Å². The van der Waals surface area contributed by atoms with Crippen LogP contribution in [0.25, 0.3) is 0 Å². The van der Waals surface area contributed by atoms with Crippen molar-refractivity contribution in [3.05, 3.63) is 53.1 Å². The molecule has 0 aliphatic carbocycles. The summed E-state index contributed by atoms with van der Waals surface area (Å²) in [6, 6.07) is 12.3. The number of nitrogens with zero attached hydrogens (tertiary/aromatic N) is 3. The smallest absolute Gasteiger partial charge is 0.239 e. The molecule has 0 spiro atoms. The summed E-state index contributed by atoms with van der Waals surface area (Å²) >= 11 is 0. The fourth-order valence-electron chi connectivity index (χ4n) is 3.95. The highest BCUT2D eigenvalue weighted by Gasteiger charge is 2.30. The highest BCUT2D eigenvalue weighted by atomic mass is 32.2. The molecule has 1 aliphatic heterocycles. The lowest BCUT2D eigenvalue weighted by Crippen LogP contribution is -2.43. The summed E-state index contributed by atoms with van der Waals surface area (Å²) in [6.45, 7) is 2.71. The van der Waals surface area contributed by atoms with E-state index in [9.17, 15) is 23.3 Å². The quantitative estimate of drug-likeness (QED) is 0.538. The number of hydrogen-bond donors (Lipinski definition) is 1. The second-order valence-corrected chi connectivity index (χ2v) is 9.90. The van der Waals surface area contributed by atoms with Gasteiger partial charge in [0.25, 0.3) is 0 Å². The molecule has 34 heavy (non-hydrogen) atoms. The molecule has 0 radical (unpaired) electrons. The summed E-state index contributed by atoms with van der Waals surface area (Å²) in [6.07, 6.45) is 1.80. The molecule has 1 fully saturated rings. The number of rotatable bonds is 9. The SMILES string of the molecule is CCCC(=O)c1cc(C#N)c(N2CCC(C(=O)NS(=O)(=O)Cc3ccccc3)CC2)nc1OC. The van der Waals surface area contributed by atoms with Gasteiger partial charge in [-0.05, 0) is 30.9 Å². The number of piperidine rings is 1. The van der Waals surface area contributed by atoms with Crippen molar-refractivity contribution >= 4 is 27.5 Å². The molecule has 1 aromatic carbocycles. The maximum absolute atomic E-state index is 12.6. The van der Waals surface area contributed by atoms with Gasteiger partial charge in [0, 0.05) is 25.4 Å². The second-order valence-electron chi connectivity index (χ2n) is 8.17. The summed E-state index contributed by atoms with van der Waals surface area (Å²) in [4.78, 5) is 31.3. The van der Waals surface area contributed by atoms with E-state index in [0.29, 0.717) is 50.2 Å². The second kappa shape index (κ2) is 11.1. The Morgan fingerprint density at radius 2 is 1.91 bits per heavy atom. The highest BCUT2D eigenvalue weighted by molar-refractivity contribution is 7.89. The van der Waals surface area contributed by atoms with Crippen LogP contribution in [0.5, 0.6) is 5.88 Å². The Morgan fingerprint density at radius 3 is 2.50 bits per heavy atom. The molecular weight excluding hydrogens is 456 g/mol. The van der Waals surface area contributed by atoms with Crippen LogP contribution in [0.2, 0.25) is 0 Å². The Bertz CT molecular complexity index is 1180. The number of benzene rings is 1. The van der Waals surface area contributed by atoms with Crippen LogP contribution < -0.4 is 14.4 Å². The van der Waals surface area contributed by atoms with E-state index in [1.54, 1.807) is 30.3 Å². The maximum atomic E-state index is 12.6. The van der Waals surface area contributed by atoms with E-state index in [1.807, 2.05) is 11.8 Å². The Balaban J connectivity index is 1.67. The van der Waals surface area contributed by atoms with Crippen LogP contribution in [-0.4, -0.2) is 45.3 Å². The van der Waals surface area contributed by atoms with Crippen molar-refractivity contribution in [1.29, 1.82) is 5.26 Å². The van der Waals surface area contributed by atoms with Crippen molar-refractivity contribution in [2.75, 3.05) is 25.1 Å². The number of sulfonamides is 1. The molecule has 0 bridgehead atoms. The van der Waals surface area contributed by atoms with Crippen LogP contribution in [0.15, 0.2) is 36.4 Å². The van der Waals surface area contributed by atoms with Crippen LogP contribution in [0, 0.1) is 17.2 Å². The number of anilines is 1. The minimum Gasteiger partial charge on any atom is -0.480 e. The molecule has 0 atom stereocenters. The maximum Gasteiger partial charge on any atom is 0.239 e. The Kier molecular flexibility index (Phi) is 8.23. The van der Waals surface area contributed by atoms with Gasteiger partial charge >= 0.3 is 0 Å². The van der Waals surface area contributed by atoms with Gasteiger partial charge < -0.3 is 9.64 Å². The predicted molar refractivity (Wildman–Crippen MR) is 127 cm³/mol. The number of nitriles is 1. The first-order chi connectivity index (χ1) is 16.3. The molecule has 1 aromatic heterocycles. The van der Waals surface area contributed by atoms with Gasteiger partial charge in [-0.1, -0.05) is 37.3 Å². The number of Topliss-reactive ketones (excluding diaryl/α,β-unsaturated/α-hetero) is 1. The lowest BCUT2D eigenvalue weighted by atomic mass is 9.96. The van der Waals surface area contributed by atoms with E-state index in [0.717, 1.165) is 0 Å². The molecule has 9 nitrogen and oxygen atoms in total. The minimum absolute atomic E-state index is 0.137. The average molecular weight is 485 g/mol. The Morgan fingerprint density at radius 1 is 1.24 bits per heavy atom. The topological polar surface area (TPSA) is 129 Å². The lowest BCUT2D eigenvalue weighted by Gasteiger charge is -2.32. The zero-order chi connectivity index (χ0) is 24.7. The molecule has 2 aromatic rings. The number of amides is 1. The molecule has 2 heterocycles. The molecule has 1 amide bonds. The molecule has 180 valence electrons. The van der Waals surface area contributed by atoms with Gasteiger partial charge in [-0.2, -0.15) is 10.2 Å². The third-order valence-electron chi connectivity index (χ3n) is 5.68. The van der Waals surface area contributed by atoms with Crippen molar-refractivity contribution in [2.24, 2.45) is 5.92 Å². The Hall–Kier alpha value is -3.45. The van der Waals surface area contributed by atoms with Crippen LogP contribution in [0.3, 0.4) is 0 Å². The molecule has 0 unspecified atom stereocenters. The van der Waals surface area contributed by atoms with Crippen molar-refractivity contribution < 1.29 is 22.7 Å². The number of nitrogens with one attached hydrogen (secondary N) is 1. The summed E-state index contributed by atoms with van der Waals surface area (Å²) < 4.78 is 32.3. The number of methoxy groups -OCH3 is 1. The lowest BCUT2D eigenvalue weighted by molar-refractivity contribution is -0.123. The van der Waals surface area contributed by atoms with Crippen LogP contribution in [0.1, 0.15) is 54.1 Å². The van der Waals surface area contributed by atoms with E-state index in [2.05, 4.69) is 15.8 Å². The van der Waals surface area contributed by atoms with Crippen LogP contribution in [0.4, 0.5) is 5.82 Å². The molecule has 1 aliphatic rings. The minimum atomic E-state index is -3.80. The summed E-state index contributed by atoms with van der Waals surface area (Å²) in [5.74, 6) is -0.845. The zero-order valence-corrected chi connectivity index (χ0v) is 20.1.